The number of nitrogens with one attached hydrogen (secondary N) is 2. The number of hydrogen-bond acceptors (Lipinski definition) is 2. The molecule has 0 aliphatic heterocycles. The Kier molecular flexibility index (Phi) is 6.78. The lowest BCUT2D eigenvalue weighted by atomic mass is 10.1. The molecular formula is C19H21IN2O2. The first-order valence-corrected chi connectivity index (χ1v) is 9.05. The van der Waals surface area contributed by atoms with E-state index in [1.807, 2.05) is 43.3 Å². The lowest BCUT2D eigenvalue weighted by Gasteiger charge is -2.09. The van der Waals surface area contributed by atoms with Crippen LogP contribution in [0.2, 0.25) is 0 Å². The van der Waals surface area contributed by atoms with E-state index in [4.69, 9.17) is 0 Å². The van der Waals surface area contributed by atoms with Gasteiger partial charge in [0.2, 0.25) is 0 Å². The van der Waals surface area contributed by atoms with Gasteiger partial charge in [0.05, 0.1) is 0 Å². The predicted octanol–water partition coefficient (Wildman–Crippen LogP) is 4.52. The Morgan fingerprint density at radius 1 is 1.00 bits per heavy atom. The summed E-state index contributed by atoms with van der Waals surface area (Å²) >= 11 is 2.20. The highest BCUT2D eigenvalue weighted by Crippen LogP contribution is 2.18. The second-order valence-corrected chi connectivity index (χ2v) is 6.91. The minimum absolute atomic E-state index is 0.620. The van der Waals surface area contributed by atoms with Gasteiger partial charge in [-0.15, -0.1) is 0 Å². The Morgan fingerprint density at radius 2 is 1.67 bits per heavy atom. The molecule has 24 heavy (non-hydrogen) atoms. The third-order valence-corrected chi connectivity index (χ3v) is 4.34. The summed E-state index contributed by atoms with van der Waals surface area (Å²) in [5.74, 6) is -1.34. The molecule has 0 aliphatic rings. The van der Waals surface area contributed by atoms with E-state index in [2.05, 4.69) is 40.1 Å². The summed E-state index contributed by atoms with van der Waals surface area (Å²) in [5.41, 5.74) is 3.41. The molecule has 0 fully saturated rings. The third kappa shape index (κ3) is 5.33. The van der Waals surface area contributed by atoms with Gasteiger partial charge in [0, 0.05) is 14.9 Å². The smallest absolute Gasteiger partial charge is 0.314 e. The molecule has 0 saturated carbocycles. The molecule has 0 unspecified atom stereocenters. The summed E-state index contributed by atoms with van der Waals surface area (Å²) in [6, 6.07) is 13.2. The van der Waals surface area contributed by atoms with Gasteiger partial charge < -0.3 is 10.6 Å². The van der Waals surface area contributed by atoms with Crippen molar-refractivity contribution in [3.8, 4) is 0 Å². The third-order valence-electron chi connectivity index (χ3n) is 3.67. The van der Waals surface area contributed by atoms with Gasteiger partial charge >= 0.3 is 11.8 Å². The summed E-state index contributed by atoms with van der Waals surface area (Å²) in [7, 11) is 0. The molecule has 2 aromatic rings. The Balaban J connectivity index is 1.94. The van der Waals surface area contributed by atoms with Crippen LogP contribution in [0.5, 0.6) is 0 Å². The largest absolute Gasteiger partial charge is 0.318 e. The molecule has 0 spiro atoms. The molecule has 2 N–H and O–H groups in total. The topological polar surface area (TPSA) is 58.2 Å². The number of carbonyl (C=O) groups is 2. The zero-order chi connectivity index (χ0) is 17.5. The Hall–Kier alpha value is -1.89. The van der Waals surface area contributed by atoms with Crippen LogP contribution >= 0.6 is 22.6 Å². The van der Waals surface area contributed by atoms with Gasteiger partial charge in [0.25, 0.3) is 0 Å². The SMILES string of the molecule is CCCCc1ccc(NC(=O)C(=O)Nc2ccc(I)cc2C)cc1. The monoisotopic (exact) mass is 436 g/mol. The first kappa shape index (κ1) is 18.4. The average Bonchev–Trinajstić information content (AvgIpc) is 2.56. The molecule has 0 saturated heterocycles. The molecule has 0 aromatic heterocycles. The van der Waals surface area contributed by atoms with E-state index in [-0.39, 0.29) is 0 Å². The van der Waals surface area contributed by atoms with Gasteiger partial charge in [-0.05, 0) is 83.8 Å². The van der Waals surface area contributed by atoms with E-state index in [1.165, 1.54) is 5.56 Å². The van der Waals surface area contributed by atoms with Crippen molar-refractivity contribution >= 4 is 45.8 Å². The zero-order valence-electron chi connectivity index (χ0n) is 13.9. The number of amides is 2. The van der Waals surface area contributed by atoms with E-state index < -0.39 is 11.8 Å². The second kappa shape index (κ2) is 8.82. The minimum atomic E-state index is -0.672. The first-order chi connectivity index (χ1) is 11.5. The minimum Gasteiger partial charge on any atom is -0.318 e. The zero-order valence-corrected chi connectivity index (χ0v) is 16.0. The Bertz CT molecular complexity index is 727. The first-order valence-electron chi connectivity index (χ1n) is 7.97. The maximum atomic E-state index is 12.0. The van der Waals surface area contributed by atoms with Crippen LogP contribution in [0.25, 0.3) is 0 Å². The van der Waals surface area contributed by atoms with Crippen molar-refractivity contribution in [3.05, 3.63) is 57.2 Å². The molecule has 0 bridgehead atoms. The van der Waals surface area contributed by atoms with E-state index in [0.29, 0.717) is 11.4 Å². The van der Waals surface area contributed by atoms with Gasteiger partial charge in [0.1, 0.15) is 0 Å². The summed E-state index contributed by atoms with van der Waals surface area (Å²) in [6.45, 7) is 4.05. The Labute approximate surface area is 156 Å². The summed E-state index contributed by atoms with van der Waals surface area (Å²) in [5, 5.41) is 5.27. The predicted molar refractivity (Wildman–Crippen MR) is 106 cm³/mol. The molecular weight excluding hydrogens is 415 g/mol. The number of aryl methyl sites for hydroxylation is 2. The highest BCUT2D eigenvalue weighted by atomic mass is 127. The number of carbonyl (C=O) groups excluding carboxylic acids is 2. The molecule has 0 radical (unpaired) electrons. The lowest BCUT2D eigenvalue weighted by Crippen LogP contribution is -2.29. The van der Waals surface area contributed by atoms with Crippen molar-refractivity contribution in [3.63, 3.8) is 0 Å². The van der Waals surface area contributed by atoms with E-state index in [1.54, 1.807) is 6.07 Å². The fraction of sp³-hybridized carbons (Fsp3) is 0.263. The van der Waals surface area contributed by atoms with E-state index in [9.17, 15) is 9.59 Å². The fourth-order valence-corrected chi connectivity index (χ4v) is 2.92. The van der Waals surface area contributed by atoms with Crippen molar-refractivity contribution in [1.29, 1.82) is 0 Å². The molecule has 126 valence electrons. The number of hydrogen-bond donors (Lipinski definition) is 2. The Morgan fingerprint density at radius 3 is 2.29 bits per heavy atom. The highest BCUT2D eigenvalue weighted by molar-refractivity contribution is 14.1. The highest BCUT2D eigenvalue weighted by Gasteiger charge is 2.15. The number of anilines is 2. The molecule has 0 atom stereocenters. The molecule has 5 heteroatoms. The molecule has 0 aliphatic carbocycles. The van der Waals surface area contributed by atoms with Crippen molar-refractivity contribution in [1.82, 2.24) is 0 Å². The van der Waals surface area contributed by atoms with Gasteiger partial charge in [-0.25, -0.2) is 0 Å². The number of benzene rings is 2. The van der Waals surface area contributed by atoms with Crippen LogP contribution in [0.1, 0.15) is 30.9 Å². The second-order valence-electron chi connectivity index (χ2n) is 5.67. The van der Waals surface area contributed by atoms with Crippen LogP contribution in [0.4, 0.5) is 11.4 Å². The van der Waals surface area contributed by atoms with Crippen molar-refractivity contribution in [2.24, 2.45) is 0 Å². The van der Waals surface area contributed by atoms with Crippen LogP contribution in [-0.2, 0) is 16.0 Å². The maximum Gasteiger partial charge on any atom is 0.314 e. The van der Waals surface area contributed by atoms with Gasteiger partial charge in [0.15, 0.2) is 0 Å². The lowest BCUT2D eigenvalue weighted by molar-refractivity contribution is -0.133. The van der Waals surface area contributed by atoms with Crippen molar-refractivity contribution in [2.75, 3.05) is 10.6 Å². The molecule has 2 rings (SSSR count). The van der Waals surface area contributed by atoms with Crippen molar-refractivity contribution < 1.29 is 9.59 Å². The summed E-state index contributed by atoms with van der Waals surface area (Å²) < 4.78 is 1.08. The average molecular weight is 436 g/mol. The van der Waals surface area contributed by atoms with Crippen LogP contribution < -0.4 is 10.6 Å². The number of halogens is 1. The van der Waals surface area contributed by atoms with Gasteiger partial charge in [-0.1, -0.05) is 25.5 Å². The molecule has 2 amide bonds. The maximum absolute atomic E-state index is 12.0. The van der Waals surface area contributed by atoms with Gasteiger partial charge in [-0.3, -0.25) is 9.59 Å². The van der Waals surface area contributed by atoms with Gasteiger partial charge in [-0.2, -0.15) is 0 Å². The molecule has 2 aromatic carbocycles. The molecule has 0 heterocycles. The molecule has 4 nitrogen and oxygen atoms in total. The normalized spacial score (nSPS) is 10.3. The van der Waals surface area contributed by atoms with E-state index in [0.717, 1.165) is 28.4 Å². The quantitative estimate of drug-likeness (QED) is 0.535. The standard InChI is InChI=1S/C19H21IN2O2/c1-3-4-5-14-6-9-16(10-7-14)21-18(23)19(24)22-17-11-8-15(20)12-13(17)2/h6-12H,3-5H2,1-2H3,(H,21,23)(H,22,24). The fourth-order valence-electron chi connectivity index (χ4n) is 2.27. The van der Waals surface area contributed by atoms with E-state index >= 15 is 0 Å². The van der Waals surface area contributed by atoms with Crippen molar-refractivity contribution in [2.45, 2.75) is 33.1 Å². The summed E-state index contributed by atoms with van der Waals surface area (Å²) in [4.78, 5) is 24.1. The van der Waals surface area contributed by atoms with Crippen LogP contribution in [0.15, 0.2) is 42.5 Å². The number of unbranched alkanes of at least 4 members (excludes halogenated alkanes) is 1. The number of rotatable bonds is 5. The van der Waals surface area contributed by atoms with Crippen LogP contribution in [0.3, 0.4) is 0 Å². The summed E-state index contributed by atoms with van der Waals surface area (Å²) in [6.07, 6.45) is 3.32. The van der Waals surface area contributed by atoms with Crippen LogP contribution in [0, 0.1) is 10.5 Å². The van der Waals surface area contributed by atoms with Crippen LogP contribution in [-0.4, -0.2) is 11.8 Å².